The Morgan fingerprint density at radius 3 is 2.30 bits per heavy atom. The topological polar surface area (TPSA) is 139 Å². The van der Waals surface area contributed by atoms with Crippen molar-refractivity contribution in [3.8, 4) is 0 Å². The average Bonchev–Trinajstić information content (AvgIpc) is 3.08. The van der Waals surface area contributed by atoms with E-state index in [2.05, 4.69) is 10.6 Å². The second-order valence-corrected chi connectivity index (χ2v) is 8.60. The Hall–Kier alpha value is -3.24. The fraction of sp³-hybridized carbons (Fsp3) is 0.250. The molecule has 2 aromatic carbocycles. The lowest BCUT2D eigenvalue weighted by atomic mass is 10.1. The molecule has 0 spiro atoms. The van der Waals surface area contributed by atoms with Crippen LogP contribution in [0.4, 0.5) is 11.4 Å². The van der Waals surface area contributed by atoms with Crippen molar-refractivity contribution in [2.75, 3.05) is 16.8 Å². The van der Waals surface area contributed by atoms with Crippen LogP contribution in [0.3, 0.4) is 0 Å². The number of anilines is 2. The summed E-state index contributed by atoms with van der Waals surface area (Å²) in [5.41, 5.74) is 1.99. The maximum Gasteiger partial charge on any atom is 0.238 e. The summed E-state index contributed by atoms with van der Waals surface area (Å²) >= 11 is 0. The van der Waals surface area contributed by atoms with E-state index in [9.17, 15) is 22.8 Å². The van der Waals surface area contributed by atoms with Crippen molar-refractivity contribution >= 4 is 39.1 Å². The lowest BCUT2D eigenvalue weighted by Gasteiger charge is -2.17. The van der Waals surface area contributed by atoms with Crippen molar-refractivity contribution in [1.29, 1.82) is 0 Å². The smallest absolute Gasteiger partial charge is 0.238 e. The zero-order valence-electron chi connectivity index (χ0n) is 16.3. The minimum absolute atomic E-state index is 0.000806. The molecule has 0 saturated carbocycles. The molecule has 1 fully saturated rings. The fourth-order valence-electron chi connectivity index (χ4n) is 3.19. The van der Waals surface area contributed by atoms with Crippen molar-refractivity contribution in [1.82, 2.24) is 5.32 Å². The quantitative estimate of drug-likeness (QED) is 0.627. The van der Waals surface area contributed by atoms with Gasteiger partial charge >= 0.3 is 0 Å². The molecule has 4 N–H and O–H groups in total. The Labute approximate surface area is 174 Å². The number of rotatable bonds is 6. The number of hydrogen-bond acceptors (Lipinski definition) is 5. The van der Waals surface area contributed by atoms with Crippen LogP contribution < -0.4 is 20.7 Å². The van der Waals surface area contributed by atoms with Crippen molar-refractivity contribution in [2.24, 2.45) is 11.1 Å². The zero-order valence-corrected chi connectivity index (χ0v) is 17.1. The second-order valence-electron chi connectivity index (χ2n) is 7.04. The van der Waals surface area contributed by atoms with Gasteiger partial charge in [-0.25, -0.2) is 13.6 Å². The van der Waals surface area contributed by atoms with Gasteiger partial charge in [-0.05, 0) is 42.0 Å². The van der Waals surface area contributed by atoms with Crippen LogP contribution in [0.25, 0.3) is 0 Å². The number of sulfonamides is 1. The molecule has 1 unspecified atom stereocenters. The van der Waals surface area contributed by atoms with Crippen molar-refractivity contribution < 1.29 is 22.8 Å². The van der Waals surface area contributed by atoms with Crippen LogP contribution in [0, 0.1) is 5.92 Å². The molecule has 2 aromatic rings. The average molecular weight is 430 g/mol. The highest BCUT2D eigenvalue weighted by molar-refractivity contribution is 7.89. The molecule has 10 heteroatoms. The zero-order chi connectivity index (χ0) is 21.9. The van der Waals surface area contributed by atoms with E-state index in [1.165, 1.54) is 19.1 Å². The molecular weight excluding hydrogens is 408 g/mol. The number of primary sulfonamides is 1. The number of carbonyl (C=O) groups is 3. The summed E-state index contributed by atoms with van der Waals surface area (Å²) in [6, 6.07) is 12.7. The molecule has 30 heavy (non-hydrogen) atoms. The molecule has 158 valence electrons. The monoisotopic (exact) mass is 430 g/mol. The first-order valence-corrected chi connectivity index (χ1v) is 10.8. The maximum atomic E-state index is 12.5. The SMILES string of the molecule is CC(=O)Nc1ccc(N2CC(C(=O)NCc3ccc(S(N)(=O)=O)cc3)CC2=O)cc1. The standard InChI is InChI=1S/C20H22N4O5S/c1-13(25)23-16-4-6-17(7-5-16)24-12-15(10-19(24)26)20(27)22-11-14-2-8-18(9-3-14)30(21,28)29/h2-9,15H,10-12H2,1H3,(H,22,27)(H,23,25)(H2,21,28,29). The van der Waals surface area contributed by atoms with E-state index < -0.39 is 15.9 Å². The third-order valence-corrected chi connectivity index (χ3v) is 5.64. The first-order chi connectivity index (χ1) is 14.1. The third-order valence-electron chi connectivity index (χ3n) is 4.71. The van der Waals surface area contributed by atoms with Crippen LogP contribution >= 0.6 is 0 Å². The number of nitrogens with one attached hydrogen (secondary N) is 2. The summed E-state index contributed by atoms with van der Waals surface area (Å²) in [4.78, 5) is 37.5. The van der Waals surface area contributed by atoms with E-state index in [1.807, 2.05) is 0 Å². The molecular formula is C20H22N4O5S. The van der Waals surface area contributed by atoms with Gasteiger partial charge in [-0.1, -0.05) is 12.1 Å². The van der Waals surface area contributed by atoms with Crippen LogP contribution in [0.5, 0.6) is 0 Å². The van der Waals surface area contributed by atoms with Gasteiger partial charge in [0.15, 0.2) is 0 Å². The first-order valence-electron chi connectivity index (χ1n) is 9.21. The van der Waals surface area contributed by atoms with Crippen molar-refractivity contribution in [2.45, 2.75) is 24.8 Å². The fourth-order valence-corrected chi connectivity index (χ4v) is 3.71. The molecule has 1 heterocycles. The molecule has 1 aliphatic heterocycles. The van der Waals surface area contributed by atoms with Gasteiger partial charge < -0.3 is 15.5 Å². The van der Waals surface area contributed by atoms with E-state index in [1.54, 1.807) is 41.3 Å². The van der Waals surface area contributed by atoms with Gasteiger partial charge in [0.2, 0.25) is 27.7 Å². The van der Waals surface area contributed by atoms with E-state index in [0.29, 0.717) is 16.9 Å². The summed E-state index contributed by atoms with van der Waals surface area (Å²) in [6.07, 6.45) is 0.101. The molecule has 3 rings (SSSR count). The summed E-state index contributed by atoms with van der Waals surface area (Å²) in [7, 11) is -3.76. The molecule has 0 aromatic heterocycles. The molecule has 9 nitrogen and oxygen atoms in total. The predicted molar refractivity (Wildman–Crippen MR) is 111 cm³/mol. The molecule has 3 amide bonds. The normalized spacial score (nSPS) is 16.4. The van der Waals surface area contributed by atoms with Crippen LogP contribution in [-0.2, 0) is 31.0 Å². The summed E-state index contributed by atoms with van der Waals surface area (Å²) in [6.45, 7) is 1.88. The van der Waals surface area contributed by atoms with Crippen LogP contribution in [0.2, 0.25) is 0 Å². The summed E-state index contributed by atoms with van der Waals surface area (Å²) in [5.74, 6) is -1.08. The predicted octanol–water partition coefficient (Wildman–Crippen LogP) is 0.962. The molecule has 1 aliphatic rings. The minimum Gasteiger partial charge on any atom is -0.352 e. The molecule has 0 radical (unpaired) electrons. The number of hydrogen-bond donors (Lipinski definition) is 3. The van der Waals surface area contributed by atoms with Gasteiger partial charge in [0.1, 0.15) is 0 Å². The minimum atomic E-state index is -3.76. The van der Waals surface area contributed by atoms with Gasteiger partial charge in [-0.2, -0.15) is 0 Å². The molecule has 1 atom stereocenters. The number of nitrogens with zero attached hydrogens (tertiary/aromatic N) is 1. The Balaban J connectivity index is 1.57. The largest absolute Gasteiger partial charge is 0.352 e. The molecule has 0 aliphatic carbocycles. The van der Waals surface area contributed by atoms with Crippen LogP contribution in [-0.4, -0.2) is 32.7 Å². The third kappa shape index (κ3) is 5.22. The van der Waals surface area contributed by atoms with Gasteiger partial charge in [0, 0.05) is 37.8 Å². The van der Waals surface area contributed by atoms with Gasteiger partial charge in [0.05, 0.1) is 10.8 Å². The number of benzene rings is 2. The molecule has 0 bridgehead atoms. The second kappa shape index (κ2) is 8.64. The lowest BCUT2D eigenvalue weighted by Crippen LogP contribution is -2.32. The van der Waals surface area contributed by atoms with Gasteiger partial charge in [0.25, 0.3) is 0 Å². The van der Waals surface area contributed by atoms with Crippen molar-refractivity contribution in [3.05, 3.63) is 54.1 Å². The summed E-state index contributed by atoms with van der Waals surface area (Å²) in [5, 5.41) is 10.5. The highest BCUT2D eigenvalue weighted by Crippen LogP contribution is 2.26. The Bertz CT molecular complexity index is 1070. The number of nitrogens with two attached hydrogens (primary N) is 1. The highest BCUT2D eigenvalue weighted by Gasteiger charge is 2.35. The first kappa shape index (κ1) is 21.5. The Morgan fingerprint density at radius 1 is 1.10 bits per heavy atom. The molecule has 1 saturated heterocycles. The van der Waals surface area contributed by atoms with Crippen molar-refractivity contribution in [3.63, 3.8) is 0 Å². The number of amides is 3. The number of carbonyl (C=O) groups excluding carboxylic acids is 3. The highest BCUT2D eigenvalue weighted by atomic mass is 32.2. The lowest BCUT2D eigenvalue weighted by molar-refractivity contribution is -0.126. The van der Waals surface area contributed by atoms with E-state index >= 15 is 0 Å². The van der Waals surface area contributed by atoms with E-state index in [4.69, 9.17) is 5.14 Å². The Morgan fingerprint density at radius 2 is 1.73 bits per heavy atom. The van der Waals surface area contributed by atoms with Gasteiger partial charge in [-0.3, -0.25) is 14.4 Å². The van der Waals surface area contributed by atoms with Crippen LogP contribution in [0.15, 0.2) is 53.4 Å². The Kier molecular flexibility index (Phi) is 6.18. The van der Waals surface area contributed by atoms with Crippen LogP contribution in [0.1, 0.15) is 18.9 Å². The summed E-state index contributed by atoms with van der Waals surface area (Å²) < 4.78 is 22.6. The van der Waals surface area contributed by atoms with E-state index in [-0.39, 0.29) is 42.1 Å². The van der Waals surface area contributed by atoms with Gasteiger partial charge in [-0.15, -0.1) is 0 Å². The maximum absolute atomic E-state index is 12.5. The van der Waals surface area contributed by atoms with E-state index in [0.717, 1.165) is 0 Å².